The quantitative estimate of drug-likeness (QED) is 0.806. The molecule has 88 valence electrons. The van der Waals surface area contributed by atoms with Crippen LogP contribution in [0.4, 0.5) is 5.82 Å². The Kier molecular flexibility index (Phi) is 1.76. The van der Waals surface area contributed by atoms with Gasteiger partial charge in [-0.15, -0.1) is 10.2 Å². The fourth-order valence-corrected chi connectivity index (χ4v) is 3.68. The van der Waals surface area contributed by atoms with Crippen molar-refractivity contribution in [2.24, 2.45) is 11.8 Å². The van der Waals surface area contributed by atoms with Crippen molar-refractivity contribution in [3.63, 3.8) is 0 Å². The molecule has 0 radical (unpaired) electrons. The first kappa shape index (κ1) is 9.39. The molecule has 5 heteroatoms. The first-order valence-corrected chi connectivity index (χ1v) is 6.28. The highest BCUT2D eigenvalue weighted by molar-refractivity contribution is 5.58. The van der Waals surface area contributed by atoms with Crippen LogP contribution in [0.3, 0.4) is 0 Å². The van der Waals surface area contributed by atoms with Crippen LogP contribution >= 0.6 is 0 Å². The second-order valence-corrected chi connectivity index (χ2v) is 5.35. The number of rotatable bonds is 1. The van der Waals surface area contributed by atoms with Gasteiger partial charge in [-0.1, -0.05) is 6.42 Å². The third-order valence-corrected chi connectivity index (χ3v) is 4.45. The van der Waals surface area contributed by atoms with Crippen LogP contribution in [0.2, 0.25) is 0 Å². The number of nitrogen functional groups attached to an aromatic ring is 1. The Morgan fingerprint density at radius 3 is 2.94 bits per heavy atom. The van der Waals surface area contributed by atoms with Gasteiger partial charge < -0.3 is 5.73 Å². The van der Waals surface area contributed by atoms with E-state index < -0.39 is 0 Å². The van der Waals surface area contributed by atoms with Crippen molar-refractivity contribution in [3.8, 4) is 0 Å². The van der Waals surface area contributed by atoms with Crippen molar-refractivity contribution in [3.05, 3.63) is 18.2 Å². The predicted octanol–water partition coefficient (Wildman–Crippen LogP) is 1.61. The van der Waals surface area contributed by atoms with Gasteiger partial charge in [-0.2, -0.15) is 0 Å². The Hall–Kier alpha value is -1.65. The van der Waals surface area contributed by atoms with Gasteiger partial charge in [0.15, 0.2) is 5.82 Å². The summed E-state index contributed by atoms with van der Waals surface area (Å²) in [6, 6.07) is 0. The summed E-state index contributed by atoms with van der Waals surface area (Å²) in [6.45, 7) is 0. The molecule has 2 aromatic rings. The molecule has 3 atom stereocenters. The van der Waals surface area contributed by atoms with E-state index >= 15 is 0 Å². The van der Waals surface area contributed by atoms with Crippen molar-refractivity contribution < 1.29 is 0 Å². The summed E-state index contributed by atoms with van der Waals surface area (Å²) in [5.74, 6) is 3.85. The number of aromatic nitrogens is 4. The normalized spacial score (nSPS) is 31.4. The lowest BCUT2D eigenvalue weighted by molar-refractivity contribution is 0.403. The molecule has 0 spiro atoms. The van der Waals surface area contributed by atoms with E-state index in [0.717, 1.165) is 17.7 Å². The molecule has 0 aliphatic heterocycles. The van der Waals surface area contributed by atoms with E-state index in [2.05, 4.69) is 15.2 Å². The maximum Gasteiger partial charge on any atom is 0.203 e. The first-order valence-electron chi connectivity index (χ1n) is 6.28. The minimum Gasteiger partial charge on any atom is -0.381 e. The van der Waals surface area contributed by atoms with E-state index in [1.807, 2.05) is 10.6 Å². The molecule has 4 rings (SSSR count). The van der Waals surface area contributed by atoms with Crippen molar-refractivity contribution in [2.45, 2.75) is 31.6 Å². The Balaban J connectivity index is 1.84. The molecule has 0 saturated heterocycles. The molecule has 5 nitrogen and oxygen atoms in total. The molecule has 2 aliphatic carbocycles. The van der Waals surface area contributed by atoms with Crippen LogP contribution in [-0.2, 0) is 0 Å². The van der Waals surface area contributed by atoms with Crippen LogP contribution < -0.4 is 5.73 Å². The molecule has 2 fully saturated rings. The summed E-state index contributed by atoms with van der Waals surface area (Å²) in [6.07, 6.45) is 9.05. The Morgan fingerprint density at radius 1 is 1.24 bits per heavy atom. The molecule has 0 aromatic carbocycles. The zero-order chi connectivity index (χ0) is 11.4. The van der Waals surface area contributed by atoms with Crippen LogP contribution in [0.15, 0.2) is 12.4 Å². The highest BCUT2D eigenvalue weighted by Crippen LogP contribution is 2.52. The number of nitrogens with two attached hydrogens (primary N) is 1. The standard InChI is InChI=1S/C12H15N5/c13-10-12-16-15-11(17(12)4-3-14-10)9-6-7-1-2-8(9)5-7/h3-4,7-9H,1-2,5-6H2,(H2,13,14)/t7-,8+,9-/m1/s1. The second kappa shape index (κ2) is 3.18. The van der Waals surface area contributed by atoms with Crippen molar-refractivity contribution in [1.82, 2.24) is 19.6 Å². The summed E-state index contributed by atoms with van der Waals surface area (Å²) in [5, 5.41) is 8.52. The largest absolute Gasteiger partial charge is 0.381 e. The lowest BCUT2D eigenvalue weighted by Crippen LogP contribution is -2.12. The molecule has 2 N–H and O–H groups in total. The summed E-state index contributed by atoms with van der Waals surface area (Å²) in [4.78, 5) is 4.05. The second-order valence-electron chi connectivity index (χ2n) is 5.35. The lowest BCUT2D eigenvalue weighted by Gasteiger charge is -2.19. The average Bonchev–Trinajstić information content (AvgIpc) is 3.03. The maximum atomic E-state index is 5.81. The van der Waals surface area contributed by atoms with Crippen LogP contribution in [0.25, 0.3) is 5.65 Å². The summed E-state index contributed by atoms with van der Waals surface area (Å²) in [5.41, 5.74) is 6.51. The fourth-order valence-electron chi connectivity index (χ4n) is 3.68. The SMILES string of the molecule is Nc1nccn2c([C@@H]3C[C@@H]4CC[C@H]3C4)nnc12. The van der Waals surface area contributed by atoms with Gasteiger partial charge in [0.1, 0.15) is 5.82 Å². The molecular weight excluding hydrogens is 214 g/mol. The van der Waals surface area contributed by atoms with E-state index in [4.69, 9.17) is 5.73 Å². The van der Waals surface area contributed by atoms with E-state index in [-0.39, 0.29) is 0 Å². The zero-order valence-electron chi connectivity index (χ0n) is 9.58. The number of hydrogen-bond donors (Lipinski definition) is 1. The topological polar surface area (TPSA) is 69.1 Å². The zero-order valence-corrected chi connectivity index (χ0v) is 9.58. The number of nitrogens with zero attached hydrogens (tertiary/aromatic N) is 4. The van der Waals surface area contributed by atoms with E-state index in [1.54, 1.807) is 6.20 Å². The average molecular weight is 229 g/mol. The van der Waals surface area contributed by atoms with Gasteiger partial charge in [0, 0.05) is 18.3 Å². The Morgan fingerprint density at radius 2 is 2.18 bits per heavy atom. The smallest absolute Gasteiger partial charge is 0.203 e. The van der Waals surface area contributed by atoms with Crippen LogP contribution in [0.1, 0.15) is 37.4 Å². The summed E-state index contributed by atoms with van der Waals surface area (Å²) in [7, 11) is 0. The Labute approximate surface area is 99.1 Å². The highest BCUT2D eigenvalue weighted by atomic mass is 15.3. The third-order valence-electron chi connectivity index (χ3n) is 4.45. The summed E-state index contributed by atoms with van der Waals surface area (Å²) < 4.78 is 2.02. The summed E-state index contributed by atoms with van der Waals surface area (Å²) >= 11 is 0. The predicted molar refractivity (Wildman–Crippen MR) is 63.4 cm³/mol. The van der Waals surface area contributed by atoms with Gasteiger partial charge in [0.2, 0.25) is 5.65 Å². The third kappa shape index (κ3) is 1.22. The molecule has 0 unspecified atom stereocenters. The molecule has 2 aromatic heterocycles. The van der Waals surface area contributed by atoms with Gasteiger partial charge in [0.05, 0.1) is 0 Å². The molecule has 2 bridgehead atoms. The van der Waals surface area contributed by atoms with Crippen LogP contribution in [-0.4, -0.2) is 19.6 Å². The number of fused-ring (bicyclic) bond motifs is 3. The minimum absolute atomic E-state index is 0.467. The van der Waals surface area contributed by atoms with Gasteiger partial charge in [-0.05, 0) is 31.1 Å². The van der Waals surface area contributed by atoms with E-state index in [0.29, 0.717) is 17.4 Å². The molecule has 2 saturated carbocycles. The van der Waals surface area contributed by atoms with Gasteiger partial charge >= 0.3 is 0 Å². The maximum absolute atomic E-state index is 5.81. The number of anilines is 1. The van der Waals surface area contributed by atoms with E-state index in [9.17, 15) is 0 Å². The van der Waals surface area contributed by atoms with Crippen molar-refractivity contribution in [1.29, 1.82) is 0 Å². The minimum atomic E-state index is 0.467. The van der Waals surface area contributed by atoms with Crippen molar-refractivity contribution in [2.75, 3.05) is 5.73 Å². The molecular formula is C12H15N5. The van der Waals surface area contributed by atoms with Gasteiger partial charge in [-0.25, -0.2) is 4.98 Å². The molecule has 2 aliphatic rings. The lowest BCUT2D eigenvalue weighted by atomic mass is 9.88. The van der Waals surface area contributed by atoms with Gasteiger partial charge in [-0.3, -0.25) is 4.40 Å². The monoisotopic (exact) mass is 229 g/mol. The first-order chi connectivity index (χ1) is 8.33. The highest BCUT2D eigenvalue weighted by Gasteiger charge is 2.42. The molecule has 17 heavy (non-hydrogen) atoms. The Bertz CT molecular complexity index is 575. The molecule has 2 heterocycles. The fraction of sp³-hybridized carbons (Fsp3) is 0.583. The van der Waals surface area contributed by atoms with Crippen molar-refractivity contribution >= 4 is 11.5 Å². The van der Waals surface area contributed by atoms with Crippen LogP contribution in [0.5, 0.6) is 0 Å². The molecule has 0 amide bonds. The van der Waals surface area contributed by atoms with E-state index in [1.165, 1.54) is 25.7 Å². The number of hydrogen-bond acceptors (Lipinski definition) is 4. The van der Waals surface area contributed by atoms with Crippen LogP contribution in [0, 0.1) is 11.8 Å². The van der Waals surface area contributed by atoms with Gasteiger partial charge in [0.25, 0.3) is 0 Å².